The van der Waals surface area contributed by atoms with Crippen LogP contribution in [0.15, 0.2) is 30.3 Å². The van der Waals surface area contributed by atoms with Crippen molar-refractivity contribution in [1.29, 1.82) is 0 Å². The Labute approximate surface area is 138 Å². The molecule has 1 aromatic rings. The smallest absolute Gasteiger partial charge is 0.317 e. The monoisotopic (exact) mass is 317 g/mol. The Balaban J connectivity index is 1.50. The van der Waals surface area contributed by atoms with E-state index < -0.39 is 0 Å². The third-order valence-electron chi connectivity index (χ3n) is 4.93. The van der Waals surface area contributed by atoms with E-state index in [1.165, 1.54) is 5.69 Å². The molecule has 3 rings (SSSR count). The summed E-state index contributed by atoms with van der Waals surface area (Å²) < 4.78 is 0. The summed E-state index contributed by atoms with van der Waals surface area (Å²) in [6, 6.07) is 10.7. The van der Waals surface area contributed by atoms with E-state index in [1.807, 2.05) is 11.0 Å². The van der Waals surface area contributed by atoms with Gasteiger partial charge in [-0.25, -0.2) is 4.79 Å². The van der Waals surface area contributed by atoms with Crippen molar-refractivity contribution in [3.8, 4) is 0 Å². The number of anilines is 1. The molecule has 1 saturated heterocycles. The molecular weight excluding hydrogens is 290 g/mol. The van der Waals surface area contributed by atoms with Gasteiger partial charge in [-0.1, -0.05) is 18.2 Å². The Bertz CT molecular complexity index is 500. The number of urea groups is 1. The van der Waals surface area contributed by atoms with E-state index in [-0.39, 0.29) is 18.2 Å². The quantitative estimate of drug-likeness (QED) is 0.879. The number of benzene rings is 1. The van der Waals surface area contributed by atoms with Gasteiger partial charge in [-0.05, 0) is 44.2 Å². The zero-order chi connectivity index (χ0) is 16.1. The van der Waals surface area contributed by atoms with Gasteiger partial charge in [0.1, 0.15) is 0 Å². The maximum Gasteiger partial charge on any atom is 0.317 e. The molecule has 0 radical (unpaired) electrons. The first kappa shape index (κ1) is 16.1. The fraction of sp³-hybridized carbons (Fsp3) is 0.611. The van der Waals surface area contributed by atoms with E-state index in [9.17, 15) is 9.90 Å². The number of carbonyl (C=O) groups excluding carboxylic acids is 1. The van der Waals surface area contributed by atoms with Gasteiger partial charge in [-0.15, -0.1) is 0 Å². The summed E-state index contributed by atoms with van der Waals surface area (Å²) in [5.41, 5.74) is 1.23. The van der Waals surface area contributed by atoms with Crippen molar-refractivity contribution in [2.75, 3.05) is 31.1 Å². The molecule has 2 fully saturated rings. The zero-order valence-electron chi connectivity index (χ0n) is 13.7. The predicted molar refractivity (Wildman–Crippen MR) is 91.6 cm³/mol. The molecule has 2 N–H and O–H groups in total. The number of amides is 2. The van der Waals surface area contributed by atoms with Gasteiger partial charge < -0.3 is 20.2 Å². The fourth-order valence-electron chi connectivity index (χ4n) is 3.50. The summed E-state index contributed by atoms with van der Waals surface area (Å²) in [7, 11) is 0. The Hall–Kier alpha value is -1.75. The van der Waals surface area contributed by atoms with E-state index in [4.69, 9.17) is 0 Å². The number of nitrogens with zero attached hydrogens (tertiary/aromatic N) is 2. The van der Waals surface area contributed by atoms with Gasteiger partial charge >= 0.3 is 6.03 Å². The molecule has 1 saturated carbocycles. The van der Waals surface area contributed by atoms with Crippen molar-refractivity contribution in [3.05, 3.63) is 30.3 Å². The van der Waals surface area contributed by atoms with Crippen LogP contribution in [0.4, 0.5) is 10.5 Å². The van der Waals surface area contributed by atoms with Crippen LogP contribution in [-0.4, -0.2) is 54.4 Å². The van der Waals surface area contributed by atoms with Crippen molar-refractivity contribution in [3.63, 3.8) is 0 Å². The highest BCUT2D eigenvalue weighted by Crippen LogP contribution is 2.19. The molecule has 1 aromatic carbocycles. The number of hydrogen-bond acceptors (Lipinski definition) is 3. The maximum atomic E-state index is 12.5. The van der Waals surface area contributed by atoms with Crippen molar-refractivity contribution in [2.24, 2.45) is 0 Å². The largest absolute Gasteiger partial charge is 0.393 e. The van der Waals surface area contributed by atoms with Crippen molar-refractivity contribution < 1.29 is 9.90 Å². The highest BCUT2D eigenvalue weighted by molar-refractivity contribution is 5.74. The second-order valence-electron chi connectivity index (χ2n) is 6.62. The van der Waals surface area contributed by atoms with E-state index in [0.29, 0.717) is 0 Å². The van der Waals surface area contributed by atoms with Gasteiger partial charge in [0.05, 0.1) is 6.10 Å². The molecule has 1 aliphatic heterocycles. The van der Waals surface area contributed by atoms with Crippen LogP contribution in [0.1, 0.15) is 32.1 Å². The summed E-state index contributed by atoms with van der Waals surface area (Å²) in [6.07, 6.45) is 4.18. The average molecular weight is 317 g/mol. The van der Waals surface area contributed by atoms with Gasteiger partial charge in [0.2, 0.25) is 0 Å². The number of rotatable bonds is 2. The molecule has 5 heteroatoms. The lowest BCUT2D eigenvalue weighted by Gasteiger charge is -2.29. The molecule has 0 bridgehead atoms. The lowest BCUT2D eigenvalue weighted by molar-refractivity contribution is 0.115. The molecule has 0 atom stereocenters. The first-order chi connectivity index (χ1) is 11.2. The molecule has 0 spiro atoms. The Morgan fingerprint density at radius 2 is 1.74 bits per heavy atom. The van der Waals surface area contributed by atoms with E-state index in [0.717, 1.165) is 58.3 Å². The average Bonchev–Trinajstić information content (AvgIpc) is 2.84. The number of aliphatic hydroxyl groups excluding tert-OH is 1. The fourth-order valence-corrected chi connectivity index (χ4v) is 3.50. The standard InChI is InChI=1S/C18H27N3O2/c22-17-9-7-15(8-10-17)19-18(23)21-12-4-11-20(13-14-21)16-5-2-1-3-6-16/h1-3,5-6,15,17,22H,4,7-14H2,(H,19,23). The van der Waals surface area contributed by atoms with Crippen LogP contribution in [0, 0.1) is 0 Å². The molecule has 1 heterocycles. The Morgan fingerprint density at radius 3 is 2.48 bits per heavy atom. The maximum absolute atomic E-state index is 12.5. The van der Waals surface area contributed by atoms with E-state index in [2.05, 4.69) is 34.5 Å². The first-order valence-corrected chi connectivity index (χ1v) is 8.76. The van der Waals surface area contributed by atoms with Crippen LogP contribution in [0.5, 0.6) is 0 Å². The third-order valence-corrected chi connectivity index (χ3v) is 4.93. The minimum atomic E-state index is -0.180. The first-order valence-electron chi connectivity index (χ1n) is 8.76. The molecule has 2 aliphatic rings. The van der Waals surface area contributed by atoms with Crippen molar-refractivity contribution >= 4 is 11.7 Å². The third kappa shape index (κ3) is 4.38. The number of para-hydroxylation sites is 1. The summed E-state index contributed by atoms with van der Waals surface area (Å²) in [6.45, 7) is 3.44. The summed E-state index contributed by atoms with van der Waals surface area (Å²) in [4.78, 5) is 16.8. The summed E-state index contributed by atoms with van der Waals surface area (Å²) in [5, 5.41) is 12.7. The van der Waals surface area contributed by atoms with E-state index in [1.54, 1.807) is 0 Å². The van der Waals surface area contributed by atoms with Crippen LogP contribution >= 0.6 is 0 Å². The topological polar surface area (TPSA) is 55.8 Å². The molecule has 126 valence electrons. The molecule has 0 aromatic heterocycles. The summed E-state index contributed by atoms with van der Waals surface area (Å²) >= 11 is 0. The molecule has 0 unspecified atom stereocenters. The molecular formula is C18H27N3O2. The minimum Gasteiger partial charge on any atom is -0.393 e. The van der Waals surface area contributed by atoms with Gasteiger partial charge in [-0.2, -0.15) is 0 Å². The van der Waals surface area contributed by atoms with Crippen LogP contribution in [0.2, 0.25) is 0 Å². The minimum absolute atomic E-state index is 0.0568. The van der Waals surface area contributed by atoms with Crippen LogP contribution in [0.3, 0.4) is 0 Å². The van der Waals surface area contributed by atoms with E-state index >= 15 is 0 Å². The molecule has 2 amide bonds. The van der Waals surface area contributed by atoms with Gasteiger partial charge in [0.25, 0.3) is 0 Å². The normalized spacial score (nSPS) is 25.8. The number of aliphatic hydroxyl groups is 1. The second-order valence-corrected chi connectivity index (χ2v) is 6.62. The lowest BCUT2D eigenvalue weighted by Crippen LogP contribution is -2.47. The predicted octanol–water partition coefficient (Wildman–Crippen LogP) is 2.21. The summed E-state index contributed by atoms with van der Waals surface area (Å²) in [5.74, 6) is 0. The Kier molecular flexibility index (Phi) is 5.39. The second kappa shape index (κ2) is 7.68. The van der Waals surface area contributed by atoms with Crippen LogP contribution < -0.4 is 10.2 Å². The zero-order valence-corrected chi connectivity index (χ0v) is 13.7. The molecule has 5 nitrogen and oxygen atoms in total. The van der Waals surface area contributed by atoms with Crippen LogP contribution in [0.25, 0.3) is 0 Å². The highest BCUT2D eigenvalue weighted by Gasteiger charge is 2.24. The number of nitrogens with one attached hydrogen (secondary N) is 1. The van der Waals surface area contributed by atoms with Gasteiger partial charge in [0.15, 0.2) is 0 Å². The number of carbonyl (C=O) groups is 1. The SMILES string of the molecule is O=C(NC1CCC(O)CC1)N1CCCN(c2ccccc2)CC1. The number of hydrogen-bond donors (Lipinski definition) is 2. The molecule has 23 heavy (non-hydrogen) atoms. The van der Waals surface area contributed by atoms with Gasteiger partial charge in [-0.3, -0.25) is 0 Å². The van der Waals surface area contributed by atoms with Crippen molar-refractivity contribution in [2.45, 2.75) is 44.2 Å². The van der Waals surface area contributed by atoms with Gasteiger partial charge in [0, 0.05) is 37.9 Å². The Morgan fingerprint density at radius 1 is 1.00 bits per heavy atom. The van der Waals surface area contributed by atoms with Crippen LogP contribution in [-0.2, 0) is 0 Å². The highest BCUT2D eigenvalue weighted by atomic mass is 16.3. The van der Waals surface area contributed by atoms with Crippen molar-refractivity contribution in [1.82, 2.24) is 10.2 Å². The molecule has 1 aliphatic carbocycles. The lowest BCUT2D eigenvalue weighted by atomic mass is 9.93.